The molecule has 0 radical (unpaired) electrons. The molecule has 0 spiro atoms. The molecular weight excluding hydrogens is 380 g/mol. The minimum atomic E-state index is -0.739. The fourth-order valence-electron chi connectivity index (χ4n) is 3.53. The Hall–Kier alpha value is -3.21. The molecular formula is C25H28O5. The molecule has 0 saturated heterocycles. The maximum atomic E-state index is 12.9. The molecule has 0 aliphatic carbocycles. The number of aromatic hydroxyl groups is 3. The summed E-state index contributed by atoms with van der Waals surface area (Å²) in [5.74, 6) is -0.556. The van der Waals surface area contributed by atoms with Crippen molar-refractivity contribution in [3.05, 3.63) is 70.8 Å². The maximum Gasteiger partial charge on any atom is 0.174 e. The van der Waals surface area contributed by atoms with Gasteiger partial charge in [0.05, 0.1) is 6.42 Å². The van der Waals surface area contributed by atoms with Gasteiger partial charge >= 0.3 is 0 Å². The highest BCUT2D eigenvalue weighted by Gasteiger charge is 2.35. The highest BCUT2D eigenvalue weighted by atomic mass is 16.5. The van der Waals surface area contributed by atoms with E-state index >= 15 is 0 Å². The van der Waals surface area contributed by atoms with Crippen LogP contribution in [0, 0.1) is 0 Å². The van der Waals surface area contributed by atoms with Gasteiger partial charge < -0.3 is 20.1 Å². The first kappa shape index (κ1) is 21.5. The lowest BCUT2D eigenvalue weighted by Crippen LogP contribution is -2.22. The standard InChI is InChI=1S/C25H28O5/c1-6-25(4,5)15-8-10-18(26)17(11-15)22-13-21(29)23-20(28)12-19(27)16(24(23)30-22)9-7-14(2)3/h6-8,10-12,22,26-28H,1,9,13H2,2-5H3/t22-/m0/s1. The van der Waals surface area contributed by atoms with Gasteiger partial charge in [-0.3, -0.25) is 4.79 Å². The van der Waals surface area contributed by atoms with Gasteiger partial charge in [0.2, 0.25) is 0 Å². The van der Waals surface area contributed by atoms with E-state index in [2.05, 4.69) is 6.58 Å². The fourth-order valence-corrected chi connectivity index (χ4v) is 3.53. The van der Waals surface area contributed by atoms with Crippen molar-refractivity contribution in [1.82, 2.24) is 0 Å². The van der Waals surface area contributed by atoms with E-state index in [-0.39, 0.29) is 46.2 Å². The zero-order valence-electron chi connectivity index (χ0n) is 17.8. The summed E-state index contributed by atoms with van der Waals surface area (Å²) in [5.41, 5.74) is 2.64. The van der Waals surface area contributed by atoms with Gasteiger partial charge in [0.1, 0.15) is 34.7 Å². The van der Waals surface area contributed by atoms with Crippen molar-refractivity contribution < 1.29 is 24.9 Å². The lowest BCUT2D eigenvalue weighted by molar-refractivity contribution is 0.0839. The second-order valence-electron chi connectivity index (χ2n) is 8.52. The van der Waals surface area contributed by atoms with Crippen LogP contribution in [0.5, 0.6) is 23.0 Å². The number of hydrogen-bond acceptors (Lipinski definition) is 5. The van der Waals surface area contributed by atoms with Crippen LogP contribution in [0.2, 0.25) is 0 Å². The van der Waals surface area contributed by atoms with E-state index < -0.39 is 6.10 Å². The number of fused-ring (bicyclic) bond motifs is 1. The molecule has 3 N–H and O–H groups in total. The Morgan fingerprint density at radius 1 is 1.17 bits per heavy atom. The van der Waals surface area contributed by atoms with Crippen LogP contribution < -0.4 is 4.74 Å². The van der Waals surface area contributed by atoms with Crippen LogP contribution in [-0.4, -0.2) is 21.1 Å². The number of ketones is 1. The summed E-state index contributed by atoms with van der Waals surface area (Å²) in [4.78, 5) is 12.9. The Balaban J connectivity index is 2.11. The van der Waals surface area contributed by atoms with Crippen LogP contribution in [0.15, 0.2) is 48.6 Å². The van der Waals surface area contributed by atoms with Gasteiger partial charge in [-0.15, -0.1) is 6.58 Å². The second-order valence-corrected chi connectivity index (χ2v) is 8.52. The number of benzene rings is 2. The number of ether oxygens (including phenoxy) is 1. The second kappa shape index (κ2) is 7.90. The third-order valence-corrected chi connectivity index (χ3v) is 5.59. The van der Waals surface area contributed by atoms with Crippen molar-refractivity contribution in [2.24, 2.45) is 0 Å². The van der Waals surface area contributed by atoms with E-state index in [0.29, 0.717) is 17.5 Å². The summed E-state index contributed by atoms with van der Waals surface area (Å²) >= 11 is 0. The Labute approximate surface area is 177 Å². The van der Waals surface area contributed by atoms with Crippen molar-refractivity contribution in [3.8, 4) is 23.0 Å². The largest absolute Gasteiger partial charge is 0.508 e. The highest BCUT2D eigenvalue weighted by molar-refractivity contribution is 6.03. The lowest BCUT2D eigenvalue weighted by Gasteiger charge is -2.30. The monoisotopic (exact) mass is 408 g/mol. The van der Waals surface area contributed by atoms with Gasteiger partial charge in [-0.25, -0.2) is 0 Å². The van der Waals surface area contributed by atoms with Gasteiger partial charge in [0.15, 0.2) is 5.78 Å². The van der Waals surface area contributed by atoms with E-state index in [1.54, 1.807) is 6.07 Å². The van der Waals surface area contributed by atoms with Crippen molar-refractivity contribution in [1.29, 1.82) is 0 Å². The highest BCUT2D eigenvalue weighted by Crippen LogP contribution is 2.47. The number of rotatable bonds is 5. The van der Waals surface area contributed by atoms with Crippen LogP contribution in [-0.2, 0) is 11.8 Å². The van der Waals surface area contributed by atoms with Crippen molar-refractivity contribution in [2.45, 2.75) is 52.1 Å². The number of allylic oxidation sites excluding steroid dienone is 3. The Morgan fingerprint density at radius 3 is 2.50 bits per heavy atom. The molecule has 0 unspecified atom stereocenters. The third kappa shape index (κ3) is 3.92. The average molecular weight is 408 g/mol. The molecule has 1 heterocycles. The molecule has 0 bridgehead atoms. The zero-order valence-corrected chi connectivity index (χ0v) is 17.8. The number of phenols is 3. The molecule has 0 saturated carbocycles. The predicted octanol–water partition coefficient (Wildman–Crippen LogP) is 5.48. The Morgan fingerprint density at radius 2 is 1.87 bits per heavy atom. The van der Waals surface area contributed by atoms with Gasteiger partial charge in [0.25, 0.3) is 0 Å². The molecule has 2 aromatic rings. The number of hydrogen-bond donors (Lipinski definition) is 3. The number of phenolic OH excluding ortho intramolecular Hbond substituents is 3. The summed E-state index contributed by atoms with van der Waals surface area (Å²) in [6, 6.07) is 6.40. The molecule has 30 heavy (non-hydrogen) atoms. The Bertz CT molecular complexity index is 1040. The van der Waals surface area contributed by atoms with E-state index in [1.807, 2.05) is 52.0 Å². The van der Waals surface area contributed by atoms with E-state index in [4.69, 9.17) is 4.74 Å². The topological polar surface area (TPSA) is 87.0 Å². The SMILES string of the molecule is C=CC(C)(C)c1ccc(O)c([C@@H]2CC(=O)c3c(O)cc(O)c(CC=C(C)C)c3O2)c1. The molecule has 1 aliphatic heterocycles. The summed E-state index contributed by atoms with van der Waals surface area (Å²) in [6.45, 7) is 11.8. The van der Waals surface area contributed by atoms with Crippen LogP contribution in [0.25, 0.3) is 0 Å². The van der Waals surface area contributed by atoms with Gasteiger partial charge in [-0.1, -0.05) is 37.6 Å². The molecule has 1 atom stereocenters. The molecule has 5 nitrogen and oxygen atoms in total. The van der Waals surface area contributed by atoms with E-state index in [0.717, 1.165) is 11.1 Å². The molecule has 1 aliphatic rings. The molecule has 2 aromatic carbocycles. The first-order valence-corrected chi connectivity index (χ1v) is 9.93. The van der Waals surface area contributed by atoms with Crippen LogP contribution in [0.1, 0.15) is 67.3 Å². The minimum Gasteiger partial charge on any atom is -0.508 e. The lowest BCUT2D eigenvalue weighted by atomic mass is 9.82. The maximum absolute atomic E-state index is 12.9. The third-order valence-electron chi connectivity index (χ3n) is 5.59. The average Bonchev–Trinajstić information content (AvgIpc) is 2.67. The molecule has 0 amide bonds. The minimum absolute atomic E-state index is 0.0232. The molecule has 3 rings (SSSR count). The van der Waals surface area contributed by atoms with E-state index in [1.165, 1.54) is 6.07 Å². The van der Waals surface area contributed by atoms with E-state index in [9.17, 15) is 20.1 Å². The van der Waals surface area contributed by atoms with Gasteiger partial charge in [-0.05, 0) is 38.0 Å². The first-order valence-electron chi connectivity index (χ1n) is 9.93. The van der Waals surface area contributed by atoms with Crippen LogP contribution in [0.4, 0.5) is 0 Å². The summed E-state index contributed by atoms with van der Waals surface area (Å²) < 4.78 is 6.14. The molecule has 0 fully saturated rings. The Kier molecular flexibility index (Phi) is 5.66. The van der Waals surface area contributed by atoms with Crippen molar-refractivity contribution >= 4 is 5.78 Å². The number of carbonyl (C=O) groups is 1. The summed E-state index contributed by atoms with van der Waals surface area (Å²) in [6.07, 6.45) is 3.32. The normalized spacial score (nSPS) is 15.9. The number of carbonyl (C=O) groups excluding carboxylic acids is 1. The fraction of sp³-hybridized carbons (Fsp3) is 0.320. The molecule has 158 valence electrons. The van der Waals surface area contributed by atoms with Crippen molar-refractivity contribution in [3.63, 3.8) is 0 Å². The molecule has 5 heteroatoms. The smallest absolute Gasteiger partial charge is 0.174 e. The number of Topliss-reactive ketones (excluding diaryl/α,β-unsaturated/α-hetero) is 1. The van der Waals surface area contributed by atoms with Gasteiger partial charge in [-0.2, -0.15) is 0 Å². The predicted molar refractivity (Wildman–Crippen MR) is 117 cm³/mol. The summed E-state index contributed by atoms with van der Waals surface area (Å²) in [5, 5.41) is 31.2. The van der Waals surface area contributed by atoms with Crippen molar-refractivity contribution in [2.75, 3.05) is 0 Å². The molecule has 0 aromatic heterocycles. The zero-order chi connectivity index (χ0) is 22.2. The quantitative estimate of drug-likeness (QED) is 0.570. The summed E-state index contributed by atoms with van der Waals surface area (Å²) in [7, 11) is 0. The van der Waals surface area contributed by atoms with Crippen LogP contribution in [0.3, 0.4) is 0 Å². The van der Waals surface area contributed by atoms with Crippen LogP contribution >= 0.6 is 0 Å². The first-order chi connectivity index (χ1) is 14.0. The van der Waals surface area contributed by atoms with Gasteiger partial charge in [0, 0.05) is 22.6 Å².